The van der Waals surface area contributed by atoms with Gasteiger partial charge < -0.3 is 9.64 Å². The van der Waals surface area contributed by atoms with E-state index in [4.69, 9.17) is 4.74 Å². The fraction of sp³-hybridized carbons (Fsp3) is 0.250. The van der Waals surface area contributed by atoms with Crippen LogP contribution in [0.5, 0.6) is 0 Å². The maximum absolute atomic E-state index is 5.60. The van der Waals surface area contributed by atoms with E-state index in [0.717, 1.165) is 17.9 Å². The van der Waals surface area contributed by atoms with Crippen LogP contribution < -0.4 is 4.90 Å². The van der Waals surface area contributed by atoms with E-state index in [1.165, 1.54) is 11.3 Å². The van der Waals surface area contributed by atoms with Gasteiger partial charge in [0.15, 0.2) is 0 Å². The average Bonchev–Trinajstić information content (AvgIpc) is 2.37. The van der Waals surface area contributed by atoms with Gasteiger partial charge in [0.25, 0.3) is 0 Å². The number of hydrogen-bond acceptors (Lipinski definition) is 2. The molecule has 0 bridgehead atoms. The number of allylic oxidation sites excluding steroid dienone is 4. The monoisotopic (exact) mass is 241 g/mol. The molecule has 0 N–H and O–H groups in total. The Balaban J connectivity index is 2.03. The molecule has 2 nitrogen and oxygen atoms in total. The molecule has 0 saturated carbocycles. The zero-order chi connectivity index (χ0) is 13.0. The summed E-state index contributed by atoms with van der Waals surface area (Å²) in [6.45, 7) is 1.98. The first-order valence-corrected chi connectivity index (χ1v) is 6.15. The van der Waals surface area contributed by atoms with Crippen molar-refractivity contribution in [2.45, 2.75) is 13.3 Å². The zero-order valence-corrected chi connectivity index (χ0v) is 11.2. The molecule has 1 aromatic carbocycles. The minimum atomic E-state index is 0.923. The number of ether oxygens (including phenoxy) is 1. The molecule has 0 aliphatic carbocycles. The fourth-order valence-electron chi connectivity index (χ4n) is 1.77. The predicted molar refractivity (Wildman–Crippen MR) is 77.3 cm³/mol. The molecule has 18 heavy (non-hydrogen) atoms. The Morgan fingerprint density at radius 1 is 1.06 bits per heavy atom. The summed E-state index contributed by atoms with van der Waals surface area (Å²) in [5.74, 6) is 1.90. The highest BCUT2D eigenvalue weighted by molar-refractivity contribution is 5.57. The van der Waals surface area contributed by atoms with Crippen LogP contribution in [0.15, 0.2) is 54.0 Å². The Kier molecular flexibility index (Phi) is 3.88. The van der Waals surface area contributed by atoms with E-state index in [-0.39, 0.29) is 0 Å². The van der Waals surface area contributed by atoms with Gasteiger partial charge in [-0.15, -0.1) is 0 Å². The molecule has 1 heterocycles. The van der Waals surface area contributed by atoms with Gasteiger partial charge in [-0.05, 0) is 49.3 Å². The molecule has 0 aromatic heterocycles. The van der Waals surface area contributed by atoms with Crippen molar-refractivity contribution in [3.05, 3.63) is 59.6 Å². The summed E-state index contributed by atoms with van der Waals surface area (Å²) in [5.41, 5.74) is 2.39. The second-order valence-corrected chi connectivity index (χ2v) is 4.58. The largest absolute Gasteiger partial charge is 0.463 e. The lowest BCUT2D eigenvalue weighted by Gasteiger charge is -2.12. The van der Waals surface area contributed by atoms with Crippen molar-refractivity contribution in [2.24, 2.45) is 0 Å². The third-order valence-corrected chi connectivity index (χ3v) is 2.85. The van der Waals surface area contributed by atoms with E-state index in [1.54, 1.807) is 0 Å². The lowest BCUT2D eigenvalue weighted by atomic mass is 10.1. The second-order valence-electron chi connectivity index (χ2n) is 4.58. The van der Waals surface area contributed by atoms with E-state index in [0.29, 0.717) is 0 Å². The third kappa shape index (κ3) is 3.27. The highest BCUT2D eigenvalue weighted by Gasteiger charge is 2.00. The molecule has 0 unspecified atom stereocenters. The third-order valence-electron chi connectivity index (χ3n) is 2.85. The Morgan fingerprint density at radius 2 is 1.78 bits per heavy atom. The average molecular weight is 241 g/mol. The van der Waals surface area contributed by atoms with Gasteiger partial charge in [0.1, 0.15) is 5.76 Å². The first-order valence-electron chi connectivity index (χ1n) is 6.15. The number of anilines is 1. The van der Waals surface area contributed by atoms with Gasteiger partial charge in [-0.1, -0.05) is 18.2 Å². The van der Waals surface area contributed by atoms with Crippen LogP contribution in [0.1, 0.15) is 18.9 Å². The smallest absolute Gasteiger partial charge is 0.123 e. The lowest BCUT2D eigenvalue weighted by molar-refractivity contribution is 0.313. The maximum Gasteiger partial charge on any atom is 0.123 e. The molecule has 0 atom stereocenters. The van der Waals surface area contributed by atoms with Crippen molar-refractivity contribution in [3.63, 3.8) is 0 Å². The molecule has 94 valence electrons. The first-order chi connectivity index (χ1) is 8.65. The summed E-state index contributed by atoms with van der Waals surface area (Å²) in [6.07, 6.45) is 9.19. The van der Waals surface area contributed by atoms with Crippen LogP contribution in [0.2, 0.25) is 0 Å². The van der Waals surface area contributed by atoms with Crippen molar-refractivity contribution in [1.82, 2.24) is 0 Å². The first kappa shape index (κ1) is 12.5. The Labute approximate surface area is 109 Å². The molecule has 2 rings (SSSR count). The minimum Gasteiger partial charge on any atom is -0.463 e. The number of hydrogen-bond donors (Lipinski definition) is 0. The summed E-state index contributed by atoms with van der Waals surface area (Å²) in [4.78, 5) is 2.09. The van der Waals surface area contributed by atoms with Crippen LogP contribution in [0.3, 0.4) is 0 Å². The Bertz CT molecular complexity index is 492. The van der Waals surface area contributed by atoms with E-state index in [9.17, 15) is 0 Å². The molecule has 0 amide bonds. The van der Waals surface area contributed by atoms with Gasteiger partial charge in [-0.25, -0.2) is 0 Å². The van der Waals surface area contributed by atoms with Crippen LogP contribution in [-0.2, 0) is 4.74 Å². The van der Waals surface area contributed by atoms with Crippen LogP contribution in [-0.4, -0.2) is 14.1 Å². The van der Waals surface area contributed by atoms with E-state index >= 15 is 0 Å². The molecular weight excluding hydrogens is 222 g/mol. The summed E-state index contributed by atoms with van der Waals surface area (Å²) >= 11 is 0. The highest BCUT2D eigenvalue weighted by atomic mass is 16.5. The Hall–Kier alpha value is -1.96. The number of benzene rings is 1. The normalized spacial score (nSPS) is 15.1. The van der Waals surface area contributed by atoms with Crippen LogP contribution in [0.4, 0.5) is 5.69 Å². The van der Waals surface area contributed by atoms with E-state index < -0.39 is 0 Å². The van der Waals surface area contributed by atoms with Gasteiger partial charge >= 0.3 is 0 Å². The van der Waals surface area contributed by atoms with Crippen molar-refractivity contribution in [2.75, 3.05) is 19.0 Å². The minimum absolute atomic E-state index is 0.923. The maximum atomic E-state index is 5.60. The quantitative estimate of drug-likeness (QED) is 0.793. The number of nitrogens with zero attached hydrogens (tertiary/aromatic N) is 1. The molecule has 0 radical (unpaired) electrons. The van der Waals surface area contributed by atoms with Crippen LogP contribution in [0, 0.1) is 0 Å². The standard InChI is InChI=1S/C16H19NO/c1-13-5-4-6-16(18-13)12-9-14-7-10-15(11-8-14)17(2)3/h5-12H,4H2,1-3H3/b12-9+. The van der Waals surface area contributed by atoms with Gasteiger partial charge in [-0.3, -0.25) is 0 Å². The highest BCUT2D eigenvalue weighted by Crippen LogP contribution is 2.18. The van der Waals surface area contributed by atoms with Crippen molar-refractivity contribution < 1.29 is 4.74 Å². The summed E-state index contributed by atoms with van der Waals surface area (Å²) in [7, 11) is 4.08. The molecule has 0 fully saturated rings. The lowest BCUT2D eigenvalue weighted by Crippen LogP contribution is -2.07. The second kappa shape index (κ2) is 5.58. The molecule has 0 saturated heterocycles. The summed E-state index contributed by atoms with van der Waals surface area (Å²) in [6, 6.07) is 8.44. The van der Waals surface area contributed by atoms with Gasteiger partial charge in [0.2, 0.25) is 0 Å². The summed E-state index contributed by atoms with van der Waals surface area (Å²) in [5, 5.41) is 0. The predicted octanol–water partition coefficient (Wildman–Crippen LogP) is 3.97. The molecule has 0 spiro atoms. The van der Waals surface area contributed by atoms with E-state index in [1.807, 2.05) is 27.1 Å². The Morgan fingerprint density at radius 3 is 2.39 bits per heavy atom. The van der Waals surface area contributed by atoms with Gasteiger partial charge in [-0.2, -0.15) is 0 Å². The van der Waals surface area contributed by atoms with Crippen LogP contribution >= 0.6 is 0 Å². The van der Waals surface area contributed by atoms with E-state index in [2.05, 4.69) is 47.4 Å². The molecule has 2 heteroatoms. The van der Waals surface area contributed by atoms with Gasteiger partial charge in [0, 0.05) is 19.8 Å². The summed E-state index contributed by atoms with van der Waals surface area (Å²) < 4.78 is 5.60. The van der Waals surface area contributed by atoms with Gasteiger partial charge in [0.05, 0.1) is 5.76 Å². The molecule has 1 aliphatic rings. The molecular formula is C16H19NO. The zero-order valence-electron chi connectivity index (χ0n) is 11.2. The molecule has 1 aliphatic heterocycles. The van der Waals surface area contributed by atoms with Crippen molar-refractivity contribution in [1.29, 1.82) is 0 Å². The van der Waals surface area contributed by atoms with Crippen LogP contribution in [0.25, 0.3) is 6.08 Å². The molecule has 1 aromatic rings. The fourth-order valence-corrected chi connectivity index (χ4v) is 1.77. The topological polar surface area (TPSA) is 12.5 Å². The SMILES string of the molecule is CC1=CCC=C(/C=C/c2ccc(N(C)C)cc2)O1. The number of rotatable bonds is 3. The van der Waals surface area contributed by atoms with Crippen molar-refractivity contribution in [3.8, 4) is 0 Å². The van der Waals surface area contributed by atoms with Crippen molar-refractivity contribution >= 4 is 11.8 Å².